The van der Waals surface area contributed by atoms with Crippen molar-refractivity contribution in [2.75, 3.05) is 20.3 Å². The van der Waals surface area contributed by atoms with Crippen LogP contribution >= 0.6 is 0 Å². The normalized spacial score (nSPS) is 11.2. The van der Waals surface area contributed by atoms with Crippen molar-refractivity contribution in [3.05, 3.63) is 75.1 Å². The van der Waals surface area contributed by atoms with Gasteiger partial charge in [0.25, 0.3) is 5.56 Å². The van der Waals surface area contributed by atoms with E-state index in [1.807, 2.05) is 0 Å². The third-order valence-electron chi connectivity index (χ3n) is 4.55. The second kappa shape index (κ2) is 9.21. The minimum Gasteiger partial charge on any atom is -0.383 e. The van der Waals surface area contributed by atoms with Gasteiger partial charge in [0.15, 0.2) is 23.3 Å². The molecule has 6 nitrogen and oxygen atoms in total. The van der Waals surface area contributed by atoms with Crippen molar-refractivity contribution >= 4 is 16.8 Å². The molecule has 1 aromatic heterocycles. The van der Waals surface area contributed by atoms with Gasteiger partial charge in [0.1, 0.15) is 5.82 Å². The van der Waals surface area contributed by atoms with Gasteiger partial charge in [-0.15, -0.1) is 0 Å². The third kappa shape index (κ3) is 4.55. The maximum atomic E-state index is 14.0. The van der Waals surface area contributed by atoms with Crippen LogP contribution < -0.4 is 5.56 Å². The largest absolute Gasteiger partial charge is 0.383 e. The summed E-state index contributed by atoms with van der Waals surface area (Å²) in [6.07, 6.45) is -1.09. The van der Waals surface area contributed by atoms with E-state index in [-0.39, 0.29) is 25.5 Å². The first kappa shape index (κ1) is 22.3. The number of nitrogens with one attached hydrogen (secondary N) is 1. The molecule has 0 unspecified atom stereocenters. The zero-order valence-electron chi connectivity index (χ0n) is 16.1. The fourth-order valence-corrected chi connectivity index (χ4v) is 2.95. The quantitative estimate of drug-likeness (QED) is 0.348. The number of para-hydroxylation sites is 1. The maximum Gasteiger partial charge on any atom is 0.258 e. The summed E-state index contributed by atoms with van der Waals surface area (Å²) in [7, 11) is 1.35. The van der Waals surface area contributed by atoms with E-state index in [9.17, 15) is 31.5 Å². The number of carbonyl (C=O) groups excluding carboxylic acids is 1. The van der Waals surface area contributed by atoms with E-state index in [1.54, 1.807) is 24.3 Å². The Kier molecular flexibility index (Phi) is 6.64. The van der Waals surface area contributed by atoms with E-state index >= 15 is 0 Å². The summed E-state index contributed by atoms with van der Waals surface area (Å²) in [5.41, 5.74) is -1.34. The number of fused-ring (bicyclic) bond motifs is 1. The van der Waals surface area contributed by atoms with Crippen LogP contribution in [0.5, 0.6) is 0 Å². The van der Waals surface area contributed by atoms with Crippen molar-refractivity contribution in [3.8, 4) is 0 Å². The standard InChI is InChI=1S/C20H16F5N3O3/c1-31-7-6-28(9-13-26-12-5-3-2-4-10(12)20(30)27-13)14(29)8-11-15(21)17(23)19(25)18(24)16(11)22/h2-5H,6-9H2,1H3,(H,26,27,30). The first-order chi connectivity index (χ1) is 14.7. The number of aromatic amines is 1. The van der Waals surface area contributed by atoms with Gasteiger partial charge in [0, 0.05) is 19.2 Å². The van der Waals surface area contributed by atoms with Crippen molar-refractivity contribution in [1.82, 2.24) is 14.9 Å². The molecule has 0 spiro atoms. The lowest BCUT2D eigenvalue weighted by Crippen LogP contribution is -2.36. The fourth-order valence-electron chi connectivity index (χ4n) is 2.95. The number of benzene rings is 2. The molecule has 11 heteroatoms. The minimum atomic E-state index is -2.31. The number of amides is 1. The van der Waals surface area contributed by atoms with Crippen LogP contribution in [0.2, 0.25) is 0 Å². The minimum absolute atomic E-state index is 0.0145. The number of H-pyrrole nitrogens is 1. The topological polar surface area (TPSA) is 75.3 Å². The molecule has 0 atom stereocenters. The summed E-state index contributed by atoms with van der Waals surface area (Å²) in [5, 5.41) is 0.322. The van der Waals surface area contributed by atoms with Crippen molar-refractivity contribution in [2.24, 2.45) is 0 Å². The maximum absolute atomic E-state index is 14.0. The summed E-state index contributed by atoms with van der Waals surface area (Å²) in [6.45, 7) is -0.348. The first-order valence-corrected chi connectivity index (χ1v) is 8.99. The number of halogens is 5. The number of hydrogen-bond acceptors (Lipinski definition) is 4. The zero-order valence-corrected chi connectivity index (χ0v) is 16.1. The van der Waals surface area contributed by atoms with Crippen molar-refractivity contribution in [1.29, 1.82) is 0 Å². The van der Waals surface area contributed by atoms with E-state index in [0.717, 1.165) is 4.90 Å². The lowest BCUT2D eigenvalue weighted by Gasteiger charge is -2.22. The molecule has 0 bridgehead atoms. The van der Waals surface area contributed by atoms with Crippen LogP contribution in [0, 0.1) is 29.1 Å². The Morgan fingerprint density at radius 1 is 1.03 bits per heavy atom. The van der Waals surface area contributed by atoms with Crippen LogP contribution in [0.4, 0.5) is 22.0 Å². The highest BCUT2D eigenvalue weighted by atomic mass is 19.2. The molecule has 31 heavy (non-hydrogen) atoms. The highest BCUT2D eigenvalue weighted by molar-refractivity contribution is 5.79. The number of ether oxygens (including phenoxy) is 1. The molecule has 1 heterocycles. The number of nitrogens with zero attached hydrogens (tertiary/aromatic N) is 2. The number of hydrogen-bond donors (Lipinski definition) is 1. The summed E-state index contributed by atoms with van der Waals surface area (Å²) >= 11 is 0. The zero-order chi connectivity index (χ0) is 22.7. The molecular formula is C20H16F5N3O3. The van der Waals surface area contributed by atoms with Gasteiger partial charge in [-0.2, -0.15) is 0 Å². The summed E-state index contributed by atoms with van der Waals surface area (Å²) in [4.78, 5) is 32.7. The van der Waals surface area contributed by atoms with Gasteiger partial charge in [0.2, 0.25) is 11.7 Å². The monoisotopic (exact) mass is 441 g/mol. The smallest absolute Gasteiger partial charge is 0.258 e. The Hall–Kier alpha value is -3.34. The highest BCUT2D eigenvalue weighted by Gasteiger charge is 2.28. The molecule has 1 amide bonds. The lowest BCUT2D eigenvalue weighted by atomic mass is 10.1. The Morgan fingerprint density at radius 3 is 2.29 bits per heavy atom. The molecule has 0 fully saturated rings. The molecule has 164 valence electrons. The molecule has 0 saturated heterocycles. The molecule has 2 aromatic carbocycles. The van der Waals surface area contributed by atoms with Gasteiger partial charge in [-0.1, -0.05) is 12.1 Å². The molecule has 0 saturated carbocycles. The van der Waals surface area contributed by atoms with Gasteiger partial charge < -0.3 is 14.6 Å². The second-order valence-electron chi connectivity index (χ2n) is 6.56. The van der Waals surface area contributed by atoms with Gasteiger partial charge in [-0.05, 0) is 12.1 Å². The van der Waals surface area contributed by atoms with E-state index in [4.69, 9.17) is 4.74 Å². The van der Waals surface area contributed by atoms with E-state index in [2.05, 4.69) is 9.97 Å². The van der Waals surface area contributed by atoms with Gasteiger partial charge in [-0.3, -0.25) is 9.59 Å². The van der Waals surface area contributed by atoms with E-state index < -0.39 is 52.5 Å². The summed E-state index contributed by atoms with van der Waals surface area (Å²) in [5.74, 6) is -11.6. The SMILES string of the molecule is COCCN(Cc1nc2ccccc2c(=O)[nH]1)C(=O)Cc1c(F)c(F)c(F)c(F)c1F. The average Bonchev–Trinajstić information content (AvgIpc) is 2.76. The van der Waals surface area contributed by atoms with Crippen LogP contribution in [-0.4, -0.2) is 41.0 Å². The lowest BCUT2D eigenvalue weighted by molar-refractivity contribution is -0.132. The number of carbonyl (C=O) groups is 1. The van der Waals surface area contributed by atoms with E-state index in [0.29, 0.717) is 10.9 Å². The van der Waals surface area contributed by atoms with Gasteiger partial charge >= 0.3 is 0 Å². The van der Waals surface area contributed by atoms with Crippen molar-refractivity contribution < 1.29 is 31.5 Å². The van der Waals surface area contributed by atoms with Crippen LogP contribution in [-0.2, 0) is 22.5 Å². The average molecular weight is 441 g/mol. The fraction of sp³-hybridized carbons (Fsp3) is 0.250. The number of aromatic nitrogens is 2. The molecule has 3 rings (SSSR count). The van der Waals surface area contributed by atoms with Crippen LogP contribution in [0.1, 0.15) is 11.4 Å². The van der Waals surface area contributed by atoms with Crippen molar-refractivity contribution in [2.45, 2.75) is 13.0 Å². The Bertz CT molecular complexity index is 1170. The first-order valence-electron chi connectivity index (χ1n) is 8.99. The Balaban J connectivity index is 1.91. The van der Waals surface area contributed by atoms with Crippen LogP contribution in [0.3, 0.4) is 0 Å². The summed E-state index contributed by atoms with van der Waals surface area (Å²) in [6, 6.07) is 6.46. The number of rotatable bonds is 7. The van der Waals surface area contributed by atoms with Crippen LogP contribution in [0.25, 0.3) is 10.9 Å². The van der Waals surface area contributed by atoms with Gasteiger partial charge in [-0.25, -0.2) is 26.9 Å². The molecule has 3 aromatic rings. The van der Waals surface area contributed by atoms with Crippen molar-refractivity contribution in [3.63, 3.8) is 0 Å². The molecule has 1 N–H and O–H groups in total. The Labute approximate surface area is 172 Å². The number of methoxy groups -OCH3 is 1. The second-order valence-corrected chi connectivity index (χ2v) is 6.56. The molecule has 0 aliphatic rings. The van der Waals surface area contributed by atoms with Gasteiger partial charge in [0.05, 0.1) is 30.5 Å². The third-order valence-corrected chi connectivity index (χ3v) is 4.55. The molecular weight excluding hydrogens is 425 g/mol. The summed E-state index contributed by atoms with van der Waals surface area (Å²) < 4.78 is 72.9. The molecule has 0 radical (unpaired) electrons. The molecule has 0 aliphatic heterocycles. The Morgan fingerprint density at radius 2 is 1.65 bits per heavy atom. The predicted molar refractivity (Wildman–Crippen MR) is 99.6 cm³/mol. The van der Waals surface area contributed by atoms with Crippen LogP contribution in [0.15, 0.2) is 29.1 Å². The highest BCUT2D eigenvalue weighted by Crippen LogP contribution is 2.24. The predicted octanol–water partition coefficient (Wildman–Crippen LogP) is 2.84. The molecule has 0 aliphatic carbocycles. The van der Waals surface area contributed by atoms with E-state index in [1.165, 1.54) is 7.11 Å².